The van der Waals surface area contributed by atoms with Crippen molar-refractivity contribution in [2.24, 2.45) is 0 Å². The molecular formula is C10H15BrN2O2. The van der Waals surface area contributed by atoms with Crippen LogP contribution in [-0.4, -0.2) is 43.5 Å². The first-order valence-corrected chi connectivity index (χ1v) is 5.52. The average molecular weight is 275 g/mol. The normalized spacial score (nSPS) is 10.3. The van der Waals surface area contributed by atoms with Gasteiger partial charge in [-0.3, -0.25) is 4.98 Å². The summed E-state index contributed by atoms with van der Waals surface area (Å²) in [4.78, 5) is 6.11. The van der Waals surface area contributed by atoms with Gasteiger partial charge in [0.2, 0.25) is 0 Å². The van der Waals surface area contributed by atoms with Crippen LogP contribution in [0.2, 0.25) is 0 Å². The smallest absolute Gasteiger partial charge is 0.0637 e. The number of anilines is 1. The molecule has 84 valence electrons. The zero-order valence-corrected chi connectivity index (χ0v) is 10.3. The Bertz CT molecular complexity index is 297. The first-order valence-electron chi connectivity index (χ1n) is 4.73. The Hall–Kier alpha value is -0.650. The van der Waals surface area contributed by atoms with E-state index < -0.39 is 0 Å². The van der Waals surface area contributed by atoms with Gasteiger partial charge in [-0.25, -0.2) is 0 Å². The Kier molecular flexibility index (Phi) is 5.60. The van der Waals surface area contributed by atoms with E-state index in [1.807, 2.05) is 11.0 Å². The van der Waals surface area contributed by atoms with E-state index in [2.05, 4.69) is 20.9 Å². The maximum atomic E-state index is 8.95. The fourth-order valence-electron chi connectivity index (χ4n) is 1.27. The fraction of sp³-hybridized carbons (Fsp3) is 0.500. The second-order valence-electron chi connectivity index (χ2n) is 3.06. The zero-order chi connectivity index (χ0) is 11.1. The summed E-state index contributed by atoms with van der Waals surface area (Å²) in [6.45, 7) is 2.08. The lowest BCUT2D eigenvalue weighted by Crippen LogP contribution is -2.30. The predicted molar refractivity (Wildman–Crippen MR) is 63.1 cm³/mol. The van der Waals surface area contributed by atoms with Crippen LogP contribution in [0.4, 0.5) is 5.69 Å². The summed E-state index contributed by atoms with van der Waals surface area (Å²) in [7, 11) is 1.66. The van der Waals surface area contributed by atoms with Crippen LogP contribution in [-0.2, 0) is 4.74 Å². The molecule has 0 bridgehead atoms. The molecule has 1 N–H and O–H groups in total. The minimum atomic E-state index is 0.121. The highest BCUT2D eigenvalue weighted by Gasteiger charge is 2.06. The van der Waals surface area contributed by atoms with Crippen molar-refractivity contribution in [2.75, 3.05) is 38.3 Å². The van der Waals surface area contributed by atoms with Gasteiger partial charge >= 0.3 is 0 Å². The summed E-state index contributed by atoms with van der Waals surface area (Å²) in [5.74, 6) is 0. The Morgan fingerprint density at radius 3 is 2.87 bits per heavy atom. The number of aromatic nitrogens is 1. The van der Waals surface area contributed by atoms with Crippen LogP contribution in [0, 0.1) is 0 Å². The molecule has 4 nitrogen and oxygen atoms in total. The predicted octanol–water partition coefficient (Wildman–Crippen LogP) is 1.29. The maximum absolute atomic E-state index is 8.95. The number of nitrogens with zero attached hydrogens (tertiary/aromatic N) is 2. The molecule has 0 radical (unpaired) electrons. The van der Waals surface area contributed by atoms with Gasteiger partial charge in [-0.15, -0.1) is 0 Å². The summed E-state index contributed by atoms with van der Waals surface area (Å²) >= 11 is 3.37. The Morgan fingerprint density at radius 1 is 1.47 bits per heavy atom. The van der Waals surface area contributed by atoms with Crippen molar-refractivity contribution >= 4 is 21.6 Å². The Morgan fingerprint density at radius 2 is 2.27 bits per heavy atom. The van der Waals surface area contributed by atoms with Crippen LogP contribution >= 0.6 is 15.9 Å². The topological polar surface area (TPSA) is 45.6 Å². The summed E-state index contributed by atoms with van der Waals surface area (Å²) in [5, 5.41) is 8.95. The quantitative estimate of drug-likeness (QED) is 0.849. The molecule has 15 heavy (non-hydrogen) atoms. The molecule has 0 saturated heterocycles. The fourth-order valence-corrected chi connectivity index (χ4v) is 1.62. The number of halogens is 1. The van der Waals surface area contributed by atoms with Gasteiger partial charge in [0, 0.05) is 30.9 Å². The van der Waals surface area contributed by atoms with E-state index in [1.165, 1.54) is 0 Å². The lowest BCUT2D eigenvalue weighted by molar-refractivity contribution is 0.203. The third-order valence-corrected chi connectivity index (χ3v) is 2.42. The van der Waals surface area contributed by atoms with Gasteiger partial charge in [-0.05, 0) is 22.0 Å². The highest BCUT2D eigenvalue weighted by Crippen LogP contribution is 2.17. The van der Waals surface area contributed by atoms with Crippen molar-refractivity contribution in [3.8, 4) is 0 Å². The molecule has 0 amide bonds. The molecule has 0 atom stereocenters. The largest absolute Gasteiger partial charge is 0.395 e. The molecule has 0 fully saturated rings. The monoisotopic (exact) mass is 274 g/mol. The van der Waals surface area contributed by atoms with Crippen LogP contribution in [0.3, 0.4) is 0 Å². The molecular weight excluding hydrogens is 260 g/mol. The van der Waals surface area contributed by atoms with Crippen LogP contribution < -0.4 is 4.90 Å². The molecule has 0 aromatic carbocycles. The van der Waals surface area contributed by atoms with Crippen molar-refractivity contribution in [1.29, 1.82) is 0 Å². The number of rotatable bonds is 6. The van der Waals surface area contributed by atoms with Crippen LogP contribution in [0.1, 0.15) is 0 Å². The van der Waals surface area contributed by atoms with Crippen LogP contribution in [0.25, 0.3) is 0 Å². The van der Waals surface area contributed by atoms with Gasteiger partial charge < -0.3 is 14.7 Å². The van der Waals surface area contributed by atoms with Crippen molar-refractivity contribution in [3.05, 3.63) is 22.9 Å². The number of aliphatic hydroxyl groups excluding tert-OH is 1. The van der Waals surface area contributed by atoms with E-state index in [4.69, 9.17) is 9.84 Å². The van der Waals surface area contributed by atoms with Crippen molar-refractivity contribution in [3.63, 3.8) is 0 Å². The molecule has 5 heteroatoms. The van der Waals surface area contributed by atoms with Gasteiger partial charge in [0.25, 0.3) is 0 Å². The maximum Gasteiger partial charge on any atom is 0.0637 e. The van der Waals surface area contributed by atoms with Gasteiger partial charge in [-0.2, -0.15) is 0 Å². The van der Waals surface area contributed by atoms with E-state index in [-0.39, 0.29) is 6.61 Å². The zero-order valence-electron chi connectivity index (χ0n) is 8.69. The standard InChI is InChI=1S/C10H15BrN2O2/c1-15-5-3-13(2-4-14)10-6-9(11)7-12-8-10/h6-8,14H,2-5H2,1H3. The molecule has 0 aliphatic carbocycles. The molecule has 0 spiro atoms. The highest BCUT2D eigenvalue weighted by atomic mass is 79.9. The molecule has 0 aliphatic rings. The highest BCUT2D eigenvalue weighted by molar-refractivity contribution is 9.10. The van der Waals surface area contributed by atoms with Gasteiger partial charge in [0.15, 0.2) is 0 Å². The third kappa shape index (κ3) is 4.15. The molecule has 1 aromatic heterocycles. The van der Waals surface area contributed by atoms with E-state index in [0.29, 0.717) is 13.2 Å². The number of hydrogen-bond donors (Lipinski definition) is 1. The Labute approximate surface area is 98.0 Å². The average Bonchev–Trinajstić information content (AvgIpc) is 2.24. The van der Waals surface area contributed by atoms with Crippen LogP contribution in [0.5, 0.6) is 0 Å². The second kappa shape index (κ2) is 6.76. The summed E-state index contributed by atoms with van der Waals surface area (Å²) in [5.41, 5.74) is 0.982. The van der Waals surface area contributed by atoms with E-state index in [1.54, 1.807) is 19.5 Å². The third-order valence-electron chi connectivity index (χ3n) is 1.99. The van der Waals surface area contributed by atoms with Gasteiger partial charge in [0.05, 0.1) is 25.1 Å². The molecule has 1 heterocycles. The van der Waals surface area contributed by atoms with Crippen molar-refractivity contribution in [2.45, 2.75) is 0 Å². The van der Waals surface area contributed by atoms with Gasteiger partial charge in [0.1, 0.15) is 0 Å². The lowest BCUT2D eigenvalue weighted by Gasteiger charge is -2.23. The number of pyridine rings is 1. The molecule has 0 aliphatic heterocycles. The summed E-state index contributed by atoms with van der Waals surface area (Å²) in [6.07, 6.45) is 3.51. The minimum absolute atomic E-state index is 0.121. The number of ether oxygens (including phenoxy) is 1. The minimum Gasteiger partial charge on any atom is -0.395 e. The van der Waals surface area contributed by atoms with Crippen LogP contribution in [0.15, 0.2) is 22.9 Å². The summed E-state index contributed by atoms with van der Waals surface area (Å²) < 4.78 is 5.95. The molecule has 1 rings (SSSR count). The van der Waals surface area contributed by atoms with E-state index >= 15 is 0 Å². The van der Waals surface area contributed by atoms with Gasteiger partial charge in [-0.1, -0.05) is 0 Å². The molecule has 0 unspecified atom stereocenters. The lowest BCUT2D eigenvalue weighted by atomic mass is 10.3. The van der Waals surface area contributed by atoms with E-state index in [0.717, 1.165) is 16.7 Å². The van der Waals surface area contributed by atoms with E-state index in [9.17, 15) is 0 Å². The molecule has 1 aromatic rings. The second-order valence-corrected chi connectivity index (χ2v) is 3.98. The number of hydrogen-bond acceptors (Lipinski definition) is 4. The number of aliphatic hydroxyl groups is 1. The van der Waals surface area contributed by atoms with Crippen molar-refractivity contribution < 1.29 is 9.84 Å². The van der Waals surface area contributed by atoms with Crippen molar-refractivity contribution in [1.82, 2.24) is 4.98 Å². The molecule has 0 saturated carbocycles. The Balaban J connectivity index is 2.69. The SMILES string of the molecule is COCCN(CCO)c1cncc(Br)c1. The summed E-state index contributed by atoms with van der Waals surface area (Å²) in [6, 6.07) is 1.97. The first kappa shape index (κ1) is 12.4. The first-order chi connectivity index (χ1) is 7.27. The number of methoxy groups -OCH3 is 1.